The molecule has 0 radical (unpaired) electrons. The number of carbonyl (C=O) groups excluding carboxylic acids is 2. The fourth-order valence-electron chi connectivity index (χ4n) is 4.33. The molecule has 0 aliphatic carbocycles. The van der Waals surface area contributed by atoms with Crippen LogP contribution in [-0.4, -0.2) is 44.6 Å². The monoisotopic (exact) mass is 422 g/mol. The number of rotatable bonds is 3. The molecule has 0 saturated heterocycles. The first-order valence-corrected chi connectivity index (χ1v) is 10.4. The van der Waals surface area contributed by atoms with Crippen molar-refractivity contribution in [2.24, 2.45) is 4.99 Å². The average Bonchev–Trinajstić information content (AvgIpc) is 3.43. The summed E-state index contributed by atoms with van der Waals surface area (Å²) in [6.07, 6.45) is 4.67. The number of hydrogen-bond donors (Lipinski definition) is 1. The lowest BCUT2D eigenvalue weighted by Crippen LogP contribution is -2.47. The molecular formula is C24H18N6O2. The van der Waals surface area contributed by atoms with Gasteiger partial charge in [0.2, 0.25) is 11.9 Å². The van der Waals surface area contributed by atoms with E-state index in [-0.39, 0.29) is 11.6 Å². The van der Waals surface area contributed by atoms with Gasteiger partial charge in [0.15, 0.2) is 0 Å². The molecule has 0 saturated carbocycles. The zero-order valence-electron chi connectivity index (χ0n) is 17.0. The largest absolute Gasteiger partial charge is 0.321 e. The molecule has 156 valence electrons. The molecule has 2 amide bonds. The van der Waals surface area contributed by atoms with Crippen molar-refractivity contribution >= 4 is 29.0 Å². The fourth-order valence-corrected chi connectivity index (χ4v) is 4.33. The minimum Gasteiger partial charge on any atom is -0.321 e. The number of para-hydroxylation sites is 1. The van der Waals surface area contributed by atoms with Gasteiger partial charge in [-0.2, -0.15) is 0 Å². The number of fused-ring (bicyclic) bond motifs is 1. The van der Waals surface area contributed by atoms with E-state index >= 15 is 0 Å². The Morgan fingerprint density at radius 2 is 1.94 bits per heavy atom. The van der Waals surface area contributed by atoms with Gasteiger partial charge in [-0.1, -0.05) is 48.5 Å². The van der Waals surface area contributed by atoms with E-state index in [1.807, 2.05) is 48.5 Å². The van der Waals surface area contributed by atoms with Crippen molar-refractivity contribution in [3.63, 3.8) is 0 Å². The van der Waals surface area contributed by atoms with Gasteiger partial charge in [0.1, 0.15) is 5.69 Å². The molecule has 2 aliphatic rings. The molecule has 1 unspecified atom stereocenters. The smallest absolute Gasteiger partial charge is 0.273 e. The molecule has 0 bridgehead atoms. The zero-order valence-corrected chi connectivity index (χ0v) is 17.0. The Morgan fingerprint density at radius 1 is 1.06 bits per heavy atom. The number of nitrogens with zero attached hydrogens (tertiary/aromatic N) is 5. The van der Waals surface area contributed by atoms with Crippen LogP contribution >= 0.6 is 0 Å². The van der Waals surface area contributed by atoms with Crippen molar-refractivity contribution in [2.45, 2.75) is 12.6 Å². The highest BCUT2D eigenvalue weighted by Crippen LogP contribution is 2.36. The van der Waals surface area contributed by atoms with Gasteiger partial charge >= 0.3 is 0 Å². The second-order valence-corrected chi connectivity index (χ2v) is 7.73. The van der Waals surface area contributed by atoms with Gasteiger partial charge in [-0.05, 0) is 18.1 Å². The number of anilines is 1. The molecule has 2 aromatic heterocycles. The van der Waals surface area contributed by atoms with Crippen molar-refractivity contribution < 1.29 is 9.59 Å². The number of nitrogens with one attached hydrogen (secondary N) is 1. The molecule has 2 aromatic carbocycles. The minimum atomic E-state index is -1.06. The third kappa shape index (κ3) is 2.88. The van der Waals surface area contributed by atoms with Crippen LogP contribution in [0.3, 0.4) is 0 Å². The molecule has 1 atom stereocenters. The van der Waals surface area contributed by atoms with Gasteiger partial charge in [-0.3, -0.25) is 14.0 Å². The van der Waals surface area contributed by atoms with Crippen molar-refractivity contribution in [2.75, 3.05) is 11.4 Å². The number of amides is 2. The molecular weight excluding hydrogens is 404 g/mol. The molecule has 1 N–H and O–H groups in total. The van der Waals surface area contributed by atoms with Gasteiger partial charge in [0.25, 0.3) is 11.8 Å². The normalized spacial score (nSPS) is 17.1. The summed E-state index contributed by atoms with van der Waals surface area (Å²) in [6, 6.07) is 17.5. The zero-order chi connectivity index (χ0) is 21.7. The van der Waals surface area contributed by atoms with Crippen LogP contribution in [0, 0.1) is 0 Å². The van der Waals surface area contributed by atoms with E-state index in [2.05, 4.69) is 15.3 Å². The van der Waals surface area contributed by atoms with Crippen LogP contribution in [0.25, 0.3) is 5.78 Å². The van der Waals surface area contributed by atoms with Crippen molar-refractivity contribution in [1.82, 2.24) is 19.7 Å². The Kier molecular flexibility index (Phi) is 4.10. The van der Waals surface area contributed by atoms with Crippen LogP contribution in [0.4, 0.5) is 5.69 Å². The molecule has 6 rings (SSSR count). The summed E-state index contributed by atoms with van der Waals surface area (Å²) in [7, 11) is 0. The molecule has 0 fully saturated rings. The quantitative estimate of drug-likeness (QED) is 0.548. The third-order valence-electron chi connectivity index (χ3n) is 5.79. The Labute approximate surface area is 183 Å². The van der Waals surface area contributed by atoms with E-state index < -0.39 is 12.1 Å². The first kappa shape index (κ1) is 18.4. The van der Waals surface area contributed by atoms with Crippen LogP contribution in [0.2, 0.25) is 0 Å². The Balaban J connectivity index is 1.43. The number of aromatic nitrogens is 3. The highest BCUT2D eigenvalue weighted by molar-refractivity contribution is 6.21. The number of hydrogen-bond acceptors (Lipinski definition) is 5. The van der Waals surface area contributed by atoms with Gasteiger partial charge in [-0.15, -0.1) is 0 Å². The van der Waals surface area contributed by atoms with Crippen molar-refractivity contribution in [1.29, 1.82) is 0 Å². The predicted molar refractivity (Wildman–Crippen MR) is 119 cm³/mol. The molecule has 32 heavy (non-hydrogen) atoms. The topological polar surface area (TPSA) is 92.0 Å². The summed E-state index contributed by atoms with van der Waals surface area (Å²) < 4.78 is 1.66. The minimum absolute atomic E-state index is 0.178. The van der Waals surface area contributed by atoms with E-state index in [4.69, 9.17) is 4.99 Å². The fraction of sp³-hybridized carbons (Fsp3) is 0.125. The van der Waals surface area contributed by atoms with Crippen molar-refractivity contribution in [3.05, 3.63) is 95.6 Å². The Morgan fingerprint density at radius 3 is 2.78 bits per heavy atom. The SMILES string of the molecule is O=C(NC1N=C(c2ccccc2)c2cccc3c2N(CC3)C1=O)c1cn2cccnc2n1. The third-order valence-corrected chi connectivity index (χ3v) is 5.79. The number of aliphatic imine (C=N–C) groups is 1. The summed E-state index contributed by atoms with van der Waals surface area (Å²) in [5.74, 6) is -0.317. The van der Waals surface area contributed by atoms with Crippen LogP contribution < -0.4 is 10.2 Å². The van der Waals surface area contributed by atoms with Crippen LogP contribution in [0.5, 0.6) is 0 Å². The summed E-state index contributed by atoms with van der Waals surface area (Å²) in [5, 5.41) is 2.79. The number of benzene rings is 2. The summed E-state index contributed by atoms with van der Waals surface area (Å²) in [5.41, 5.74) is 4.64. The van der Waals surface area contributed by atoms with E-state index in [0.29, 0.717) is 18.0 Å². The van der Waals surface area contributed by atoms with Gasteiger partial charge < -0.3 is 10.2 Å². The van der Waals surface area contributed by atoms with E-state index in [9.17, 15) is 9.59 Å². The first-order valence-electron chi connectivity index (χ1n) is 10.4. The lowest BCUT2D eigenvalue weighted by atomic mass is 9.98. The van der Waals surface area contributed by atoms with Crippen molar-refractivity contribution in [3.8, 4) is 0 Å². The van der Waals surface area contributed by atoms with Gasteiger partial charge in [0.05, 0.1) is 11.4 Å². The average molecular weight is 422 g/mol. The number of imidazole rings is 1. The standard InChI is InChI=1S/C24H18N6O2/c31-22(18-14-29-12-5-11-25-24(29)26-18)28-21-23(32)30-13-10-16-8-4-9-17(20(16)30)19(27-21)15-6-2-1-3-7-15/h1-9,11-12,14,21H,10,13H2,(H,28,31). The molecule has 4 aromatic rings. The molecule has 8 heteroatoms. The lowest BCUT2D eigenvalue weighted by Gasteiger charge is -2.20. The molecule has 8 nitrogen and oxygen atoms in total. The first-order chi connectivity index (χ1) is 15.7. The van der Waals surface area contributed by atoms with E-state index in [1.165, 1.54) is 0 Å². The summed E-state index contributed by atoms with van der Waals surface area (Å²) in [6.45, 7) is 0.563. The Bertz CT molecular complexity index is 1380. The predicted octanol–water partition coefficient (Wildman–Crippen LogP) is 2.23. The van der Waals surface area contributed by atoms with Crippen LogP contribution in [0.15, 0.2) is 78.2 Å². The summed E-state index contributed by atoms with van der Waals surface area (Å²) >= 11 is 0. The second kappa shape index (κ2) is 7.12. The van der Waals surface area contributed by atoms with Crippen LogP contribution in [0.1, 0.15) is 27.2 Å². The molecule has 0 spiro atoms. The highest BCUT2D eigenvalue weighted by Gasteiger charge is 2.37. The van der Waals surface area contributed by atoms with E-state index in [1.54, 1.807) is 34.0 Å². The van der Waals surface area contributed by atoms with Gasteiger partial charge in [0, 0.05) is 36.3 Å². The second-order valence-electron chi connectivity index (χ2n) is 7.73. The maximum atomic E-state index is 13.5. The highest BCUT2D eigenvalue weighted by atomic mass is 16.2. The maximum absolute atomic E-state index is 13.5. The maximum Gasteiger partial charge on any atom is 0.273 e. The number of carbonyl (C=O) groups is 2. The lowest BCUT2D eigenvalue weighted by molar-refractivity contribution is -0.120. The van der Waals surface area contributed by atoms with E-state index in [0.717, 1.165) is 28.8 Å². The Hall–Kier alpha value is -4.33. The molecule has 2 aliphatic heterocycles. The summed E-state index contributed by atoms with van der Waals surface area (Å²) in [4.78, 5) is 41.4. The van der Waals surface area contributed by atoms with Gasteiger partial charge in [-0.25, -0.2) is 15.0 Å². The van der Waals surface area contributed by atoms with Crippen LogP contribution in [-0.2, 0) is 11.2 Å². The molecule has 4 heterocycles.